The first-order valence-electron chi connectivity index (χ1n) is 9.01. The zero-order valence-electron chi connectivity index (χ0n) is 13.8. The van der Waals surface area contributed by atoms with E-state index in [2.05, 4.69) is 20.1 Å². The van der Waals surface area contributed by atoms with Gasteiger partial charge in [-0.15, -0.1) is 10.2 Å². The second-order valence-corrected chi connectivity index (χ2v) is 10.1. The second kappa shape index (κ2) is 4.98. The van der Waals surface area contributed by atoms with Crippen molar-refractivity contribution >= 4 is 10.2 Å². The Morgan fingerprint density at radius 3 is 2.42 bits per heavy atom. The molecule has 4 saturated carbocycles. The lowest BCUT2D eigenvalue weighted by atomic mass is 9.50. The molecule has 24 heavy (non-hydrogen) atoms. The number of hydrogen-bond acceptors (Lipinski definition) is 5. The van der Waals surface area contributed by atoms with E-state index < -0.39 is 10.2 Å². The first kappa shape index (κ1) is 15.2. The van der Waals surface area contributed by atoms with Gasteiger partial charge in [0.2, 0.25) is 0 Å². The minimum absolute atomic E-state index is 0.159. The van der Waals surface area contributed by atoms with Crippen molar-refractivity contribution in [2.24, 2.45) is 11.8 Å². The van der Waals surface area contributed by atoms with Gasteiger partial charge in [0.05, 0.1) is 5.54 Å². The molecular formula is C15H24N6O2S. The Labute approximate surface area is 142 Å². The molecule has 4 bridgehead atoms. The molecule has 0 amide bonds. The van der Waals surface area contributed by atoms with Gasteiger partial charge in [0.15, 0.2) is 6.33 Å². The lowest BCUT2D eigenvalue weighted by Crippen LogP contribution is -2.67. The van der Waals surface area contributed by atoms with Crippen LogP contribution in [0.15, 0.2) is 6.33 Å². The SMILES string of the molecule is O=S(=O)(NC12CC3CC(C1)CC(n1ncnn1)(C3)C2)N1CCCC1. The van der Waals surface area contributed by atoms with Gasteiger partial charge in [-0.25, -0.2) is 0 Å². The molecule has 1 N–H and O–H groups in total. The molecule has 6 rings (SSSR count). The third kappa shape index (κ3) is 2.24. The maximum absolute atomic E-state index is 12.9. The number of nitrogens with one attached hydrogen (secondary N) is 1. The number of hydrogen-bond donors (Lipinski definition) is 1. The molecule has 1 aromatic rings. The van der Waals surface area contributed by atoms with Crippen LogP contribution in [0, 0.1) is 11.8 Å². The highest BCUT2D eigenvalue weighted by molar-refractivity contribution is 7.87. The summed E-state index contributed by atoms with van der Waals surface area (Å²) < 4.78 is 30.5. The smallest absolute Gasteiger partial charge is 0.196 e. The fourth-order valence-corrected chi connectivity index (χ4v) is 7.87. The van der Waals surface area contributed by atoms with Gasteiger partial charge >= 0.3 is 0 Å². The van der Waals surface area contributed by atoms with E-state index in [0.29, 0.717) is 24.9 Å². The van der Waals surface area contributed by atoms with E-state index in [1.54, 1.807) is 9.10 Å². The fourth-order valence-electron chi connectivity index (χ4n) is 6.22. The molecule has 8 nitrogen and oxygen atoms in total. The molecule has 1 saturated heterocycles. The van der Waals surface area contributed by atoms with Crippen LogP contribution >= 0.6 is 0 Å². The lowest BCUT2D eigenvalue weighted by Gasteiger charge is -2.61. The van der Waals surface area contributed by atoms with Crippen LogP contribution in [0.5, 0.6) is 0 Å². The number of rotatable bonds is 4. The molecule has 4 aliphatic carbocycles. The number of tetrazole rings is 1. The van der Waals surface area contributed by atoms with E-state index in [1.165, 1.54) is 12.7 Å². The molecule has 1 aliphatic heterocycles. The highest BCUT2D eigenvalue weighted by Gasteiger charge is 2.60. The molecule has 1 aromatic heterocycles. The van der Waals surface area contributed by atoms with E-state index in [0.717, 1.165) is 44.9 Å². The summed E-state index contributed by atoms with van der Waals surface area (Å²) >= 11 is 0. The van der Waals surface area contributed by atoms with Crippen molar-refractivity contribution in [1.82, 2.24) is 29.2 Å². The van der Waals surface area contributed by atoms with Crippen molar-refractivity contribution in [3.8, 4) is 0 Å². The Bertz CT molecular complexity index is 713. The molecule has 2 heterocycles. The van der Waals surface area contributed by atoms with Gasteiger partial charge in [-0.3, -0.25) is 0 Å². The van der Waals surface area contributed by atoms with Crippen LogP contribution in [-0.2, 0) is 15.7 Å². The van der Waals surface area contributed by atoms with Crippen molar-refractivity contribution in [2.45, 2.75) is 62.4 Å². The quantitative estimate of drug-likeness (QED) is 0.859. The normalized spacial score (nSPS) is 42.0. The van der Waals surface area contributed by atoms with Gasteiger partial charge in [0, 0.05) is 18.6 Å². The molecule has 132 valence electrons. The lowest BCUT2D eigenvalue weighted by molar-refractivity contribution is -0.0771. The summed E-state index contributed by atoms with van der Waals surface area (Å²) in [6.45, 7) is 1.29. The summed E-state index contributed by atoms with van der Waals surface area (Å²) in [5.41, 5.74) is -0.493. The van der Waals surface area contributed by atoms with Gasteiger partial charge in [-0.2, -0.15) is 22.2 Å². The van der Waals surface area contributed by atoms with Crippen molar-refractivity contribution in [3.05, 3.63) is 6.33 Å². The Morgan fingerprint density at radius 2 is 1.79 bits per heavy atom. The van der Waals surface area contributed by atoms with Crippen LogP contribution < -0.4 is 4.72 Å². The zero-order chi connectivity index (χ0) is 16.4. The third-order valence-electron chi connectivity index (χ3n) is 6.55. The average Bonchev–Trinajstić information content (AvgIpc) is 3.19. The zero-order valence-corrected chi connectivity index (χ0v) is 14.6. The average molecular weight is 352 g/mol. The fraction of sp³-hybridized carbons (Fsp3) is 0.933. The molecule has 5 fully saturated rings. The van der Waals surface area contributed by atoms with Gasteiger partial charge in [0.25, 0.3) is 10.2 Å². The van der Waals surface area contributed by atoms with Crippen LogP contribution in [0.4, 0.5) is 0 Å². The molecule has 2 unspecified atom stereocenters. The van der Waals surface area contributed by atoms with E-state index in [-0.39, 0.29) is 11.1 Å². The van der Waals surface area contributed by atoms with E-state index in [9.17, 15) is 8.42 Å². The Balaban J connectivity index is 1.47. The maximum atomic E-state index is 12.9. The predicted octanol–water partition coefficient (Wildman–Crippen LogP) is 0.651. The van der Waals surface area contributed by atoms with E-state index >= 15 is 0 Å². The summed E-state index contributed by atoms with van der Waals surface area (Å²) in [6.07, 6.45) is 9.41. The first-order chi connectivity index (χ1) is 11.5. The summed E-state index contributed by atoms with van der Waals surface area (Å²) in [7, 11) is -3.40. The summed E-state index contributed by atoms with van der Waals surface area (Å²) in [5, 5.41) is 12.4. The Kier molecular flexibility index (Phi) is 3.16. The molecule has 0 radical (unpaired) electrons. The summed E-state index contributed by atoms with van der Waals surface area (Å²) in [6, 6.07) is 0. The Morgan fingerprint density at radius 1 is 1.08 bits per heavy atom. The number of nitrogens with zero attached hydrogens (tertiary/aromatic N) is 5. The van der Waals surface area contributed by atoms with E-state index in [1.807, 2.05) is 0 Å². The highest BCUT2D eigenvalue weighted by atomic mass is 32.2. The van der Waals surface area contributed by atoms with Crippen LogP contribution in [0.25, 0.3) is 0 Å². The summed E-state index contributed by atoms with van der Waals surface area (Å²) in [4.78, 5) is 1.77. The van der Waals surface area contributed by atoms with Gasteiger partial charge in [0.1, 0.15) is 0 Å². The largest absolute Gasteiger partial charge is 0.279 e. The number of aromatic nitrogens is 4. The van der Waals surface area contributed by atoms with Crippen LogP contribution in [-0.4, -0.2) is 51.6 Å². The second-order valence-electron chi connectivity index (χ2n) is 8.40. The molecule has 9 heteroatoms. The third-order valence-corrected chi connectivity index (χ3v) is 8.29. The molecule has 2 atom stereocenters. The topological polar surface area (TPSA) is 93.0 Å². The minimum Gasteiger partial charge on any atom is -0.196 e. The van der Waals surface area contributed by atoms with Gasteiger partial charge in [-0.1, -0.05) is 0 Å². The predicted molar refractivity (Wildman–Crippen MR) is 86.1 cm³/mol. The maximum Gasteiger partial charge on any atom is 0.279 e. The monoisotopic (exact) mass is 352 g/mol. The standard InChI is InChI=1S/C15H24N6O2S/c22-24(23,20-3-1-2-4-20)18-14-6-12-5-13(7-14)9-15(8-12,10-14)21-17-11-16-19-21/h11-13,18H,1-10H2. The first-order valence-corrected chi connectivity index (χ1v) is 10.5. The minimum atomic E-state index is -3.40. The van der Waals surface area contributed by atoms with Crippen molar-refractivity contribution in [3.63, 3.8) is 0 Å². The summed E-state index contributed by atoms with van der Waals surface area (Å²) in [5.74, 6) is 1.11. The van der Waals surface area contributed by atoms with Crippen molar-refractivity contribution in [1.29, 1.82) is 0 Å². The molecule has 5 aliphatic rings. The highest BCUT2D eigenvalue weighted by Crippen LogP contribution is 2.60. The molecule has 0 aromatic carbocycles. The van der Waals surface area contributed by atoms with Gasteiger partial charge < -0.3 is 0 Å². The Hall–Kier alpha value is -1.06. The van der Waals surface area contributed by atoms with Crippen LogP contribution in [0.1, 0.15) is 51.4 Å². The molecular weight excluding hydrogens is 328 g/mol. The van der Waals surface area contributed by atoms with E-state index in [4.69, 9.17) is 0 Å². The van der Waals surface area contributed by atoms with Crippen molar-refractivity contribution < 1.29 is 8.42 Å². The van der Waals surface area contributed by atoms with Crippen LogP contribution in [0.2, 0.25) is 0 Å². The van der Waals surface area contributed by atoms with Crippen molar-refractivity contribution in [2.75, 3.05) is 13.1 Å². The molecule has 0 spiro atoms. The van der Waals surface area contributed by atoms with Crippen LogP contribution in [0.3, 0.4) is 0 Å². The van der Waals surface area contributed by atoms with Gasteiger partial charge in [-0.05, 0) is 68.4 Å².